The predicted molar refractivity (Wildman–Crippen MR) is 279 cm³/mol. The number of ether oxygens (including phenoxy) is 3. The maximum atomic E-state index is 12.8. The first-order valence-electron chi connectivity index (χ1n) is 28.5. The zero-order valence-corrected chi connectivity index (χ0v) is 43.5. The lowest BCUT2D eigenvalue weighted by Crippen LogP contribution is -2.30. The summed E-state index contributed by atoms with van der Waals surface area (Å²) >= 11 is 0. The highest BCUT2D eigenvalue weighted by molar-refractivity contribution is 5.71. The zero-order valence-electron chi connectivity index (χ0n) is 43.5. The van der Waals surface area contributed by atoms with Gasteiger partial charge in [-0.25, -0.2) is 0 Å². The molecule has 65 heavy (non-hydrogen) atoms. The van der Waals surface area contributed by atoms with Crippen LogP contribution in [0.15, 0.2) is 36.5 Å². The first kappa shape index (κ1) is 62.6. The van der Waals surface area contributed by atoms with Gasteiger partial charge in [0.15, 0.2) is 6.10 Å². The fourth-order valence-corrected chi connectivity index (χ4v) is 8.33. The molecule has 0 aromatic heterocycles. The van der Waals surface area contributed by atoms with Crippen molar-refractivity contribution in [1.82, 2.24) is 0 Å². The van der Waals surface area contributed by atoms with Crippen LogP contribution in [0.2, 0.25) is 0 Å². The lowest BCUT2D eigenvalue weighted by molar-refractivity contribution is -0.167. The number of allylic oxidation sites excluding steroid dienone is 6. The summed E-state index contributed by atoms with van der Waals surface area (Å²) in [5, 5.41) is 0. The van der Waals surface area contributed by atoms with Gasteiger partial charge in [-0.05, 0) is 57.8 Å². The van der Waals surface area contributed by atoms with Crippen molar-refractivity contribution in [1.29, 1.82) is 0 Å². The maximum Gasteiger partial charge on any atom is 0.306 e. The van der Waals surface area contributed by atoms with Crippen molar-refractivity contribution in [2.45, 2.75) is 309 Å². The van der Waals surface area contributed by atoms with E-state index in [-0.39, 0.29) is 31.1 Å². The summed E-state index contributed by atoms with van der Waals surface area (Å²) in [5.74, 6) is -0.878. The molecule has 0 heterocycles. The van der Waals surface area contributed by atoms with E-state index >= 15 is 0 Å². The third-order valence-electron chi connectivity index (χ3n) is 12.6. The summed E-state index contributed by atoms with van der Waals surface area (Å²) < 4.78 is 16.7. The lowest BCUT2D eigenvalue weighted by atomic mass is 10.0. The van der Waals surface area contributed by atoms with Crippen LogP contribution in [0.25, 0.3) is 0 Å². The lowest BCUT2D eigenvalue weighted by Gasteiger charge is -2.18. The molecule has 0 amide bonds. The van der Waals surface area contributed by atoms with Crippen molar-refractivity contribution in [3.8, 4) is 0 Å². The largest absolute Gasteiger partial charge is 0.462 e. The second-order valence-corrected chi connectivity index (χ2v) is 19.2. The number of carbonyl (C=O) groups is 3. The molecule has 1 unspecified atom stereocenters. The molecule has 0 bridgehead atoms. The van der Waals surface area contributed by atoms with Crippen molar-refractivity contribution < 1.29 is 28.6 Å². The number of carbonyl (C=O) groups excluding carboxylic acids is 3. The van der Waals surface area contributed by atoms with Crippen LogP contribution in [0.1, 0.15) is 303 Å². The second kappa shape index (κ2) is 54.2. The van der Waals surface area contributed by atoms with Gasteiger partial charge in [0.2, 0.25) is 0 Å². The molecular weight excluding hydrogens is 805 g/mol. The van der Waals surface area contributed by atoms with Crippen molar-refractivity contribution in [3.63, 3.8) is 0 Å². The number of esters is 3. The van der Waals surface area contributed by atoms with Crippen molar-refractivity contribution >= 4 is 17.9 Å². The van der Waals surface area contributed by atoms with Gasteiger partial charge in [0.05, 0.1) is 0 Å². The van der Waals surface area contributed by atoms with E-state index < -0.39 is 6.10 Å². The Morgan fingerprint density at radius 2 is 0.554 bits per heavy atom. The molecule has 0 aromatic carbocycles. The van der Waals surface area contributed by atoms with Gasteiger partial charge in [0.25, 0.3) is 0 Å². The fraction of sp³-hybridized carbons (Fsp3) is 0.847. The highest BCUT2D eigenvalue weighted by Crippen LogP contribution is 2.16. The van der Waals surface area contributed by atoms with Crippen LogP contribution in [-0.4, -0.2) is 37.2 Å². The zero-order chi connectivity index (χ0) is 47.2. The minimum atomic E-state index is -0.768. The normalized spacial score (nSPS) is 12.2. The molecule has 0 aromatic rings. The van der Waals surface area contributed by atoms with Crippen molar-refractivity contribution in [2.75, 3.05) is 13.2 Å². The molecule has 0 aliphatic carbocycles. The van der Waals surface area contributed by atoms with E-state index in [1.807, 2.05) is 0 Å². The second-order valence-electron chi connectivity index (χ2n) is 19.2. The van der Waals surface area contributed by atoms with Gasteiger partial charge >= 0.3 is 17.9 Å². The molecule has 6 nitrogen and oxygen atoms in total. The molecule has 0 saturated carbocycles. The van der Waals surface area contributed by atoms with E-state index in [0.717, 1.165) is 83.5 Å². The van der Waals surface area contributed by atoms with E-state index in [4.69, 9.17) is 14.2 Å². The maximum absolute atomic E-state index is 12.8. The summed E-state index contributed by atoms with van der Waals surface area (Å²) in [6.07, 6.45) is 64.6. The number of rotatable bonds is 52. The summed E-state index contributed by atoms with van der Waals surface area (Å²) in [4.78, 5) is 37.8. The molecule has 0 radical (unpaired) electrons. The minimum absolute atomic E-state index is 0.0723. The first-order chi connectivity index (χ1) is 32.0. The molecule has 0 spiro atoms. The average Bonchev–Trinajstić information content (AvgIpc) is 3.30. The van der Waals surface area contributed by atoms with E-state index in [9.17, 15) is 14.4 Å². The molecule has 1 atom stereocenters. The van der Waals surface area contributed by atoms with E-state index in [0.29, 0.717) is 19.3 Å². The van der Waals surface area contributed by atoms with Gasteiger partial charge < -0.3 is 14.2 Å². The van der Waals surface area contributed by atoms with Crippen LogP contribution in [0.3, 0.4) is 0 Å². The standard InChI is InChI=1S/C59H108O6/c1-4-7-10-13-15-17-19-21-23-25-27-28-29-30-32-33-35-37-39-41-43-46-49-52-58(61)64-55-56(54-63-57(60)51-48-45-12-9-6-3)65-59(62)53-50-47-44-42-40-38-36-34-31-26-24-22-20-18-16-14-11-8-5-2/h19,21,25,27,29-30,56H,4-18,20,22-24,26,28,31-55H2,1-3H3/b21-19-,27-25-,30-29-. The molecule has 0 aliphatic rings. The molecule has 380 valence electrons. The smallest absolute Gasteiger partial charge is 0.306 e. The van der Waals surface area contributed by atoms with Gasteiger partial charge in [0.1, 0.15) is 13.2 Å². The Morgan fingerprint density at radius 1 is 0.308 bits per heavy atom. The van der Waals surface area contributed by atoms with Gasteiger partial charge in [-0.1, -0.05) is 263 Å². The monoisotopic (exact) mass is 913 g/mol. The van der Waals surface area contributed by atoms with Crippen LogP contribution < -0.4 is 0 Å². The summed E-state index contributed by atoms with van der Waals surface area (Å²) in [6.45, 7) is 6.58. The highest BCUT2D eigenvalue weighted by Gasteiger charge is 2.19. The number of hydrogen-bond acceptors (Lipinski definition) is 6. The Labute approximate surface area is 404 Å². The van der Waals surface area contributed by atoms with Crippen LogP contribution in [-0.2, 0) is 28.6 Å². The van der Waals surface area contributed by atoms with Crippen LogP contribution >= 0.6 is 0 Å². The van der Waals surface area contributed by atoms with E-state index in [1.54, 1.807) is 0 Å². The number of hydrogen-bond donors (Lipinski definition) is 0. The Bertz CT molecular complexity index is 1090. The Balaban J connectivity index is 4.09. The topological polar surface area (TPSA) is 78.9 Å². The van der Waals surface area contributed by atoms with Crippen molar-refractivity contribution in [3.05, 3.63) is 36.5 Å². The van der Waals surface area contributed by atoms with Crippen molar-refractivity contribution in [2.24, 2.45) is 0 Å². The Hall–Kier alpha value is -2.37. The molecule has 6 heteroatoms. The summed E-state index contributed by atoms with van der Waals surface area (Å²) in [6, 6.07) is 0. The fourth-order valence-electron chi connectivity index (χ4n) is 8.33. The number of unbranched alkanes of at least 4 members (excludes halogenated alkanes) is 35. The minimum Gasteiger partial charge on any atom is -0.462 e. The SMILES string of the molecule is CCCCCCC/C=C\C/C=C\C/C=C\CCCCCCCCCCC(=O)OCC(COC(=O)CCCCCCC)OC(=O)CCCCCCCCCCCCCCCCCCCCC. The molecule has 0 rings (SSSR count). The molecule has 0 N–H and O–H groups in total. The quantitative estimate of drug-likeness (QED) is 0.0262. The summed E-state index contributed by atoms with van der Waals surface area (Å²) in [5.41, 5.74) is 0. The molecule has 0 saturated heterocycles. The van der Waals surface area contributed by atoms with Gasteiger partial charge in [-0.3, -0.25) is 14.4 Å². The van der Waals surface area contributed by atoms with Crippen LogP contribution in [0.4, 0.5) is 0 Å². The van der Waals surface area contributed by atoms with Gasteiger partial charge in [-0.15, -0.1) is 0 Å². The third-order valence-corrected chi connectivity index (χ3v) is 12.6. The molecule has 0 aliphatic heterocycles. The molecule has 0 fully saturated rings. The third kappa shape index (κ3) is 52.5. The van der Waals surface area contributed by atoms with Crippen LogP contribution in [0, 0.1) is 0 Å². The Kier molecular flexibility index (Phi) is 52.3. The van der Waals surface area contributed by atoms with Crippen LogP contribution in [0.5, 0.6) is 0 Å². The average molecular weight is 914 g/mol. The molecular formula is C59H108O6. The highest BCUT2D eigenvalue weighted by atomic mass is 16.6. The van der Waals surface area contributed by atoms with E-state index in [1.165, 1.54) is 180 Å². The van der Waals surface area contributed by atoms with E-state index in [2.05, 4.69) is 57.2 Å². The predicted octanol–water partition coefficient (Wildman–Crippen LogP) is 18.9. The van der Waals surface area contributed by atoms with Gasteiger partial charge in [-0.2, -0.15) is 0 Å². The Morgan fingerprint density at radius 3 is 0.862 bits per heavy atom. The van der Waals surface area contributed by atoms with Gasteiger partial charge in [0, 0.05) is 19.3 Å². The first-order valence-corrected chi connectivity index (χ1v) is 28.5. The summed E-state index contributed by atoms with van der Waals surface area (Å²) in [7, 11) is 0.